The number of aryl methyl sites for hydroxylation is 2. The molecule has 0 aliphatic rings. The second-order valence-corrected chi connectivity index (χ2v) is 7.29. The highest BCUT2D eigenvalue weighted by molar-refractivity contribution is 5.85. The third-order valence-corrected chi connectivity index (χ3v) is 4.32. The van der Waals surface area contributed by atoms with Crippen LogP contribution in [0.3, 0.4) is 0 Å². The Kier molecular flexibility index (Phi) is 3.89. The summed E-state index contributed by atoms with van der Waals surface area (Å²) in [4.78, 5) is 4.43. The molecule has 0 aliphatic carbocycles. The maximum Gasteiger partial charge on any atom is 0.417 e. The zero-order chi connectivity index (χ0) is 18.6. The van der Waals surface area contributed by atoms with E-state index >= 15 is 0 Å². The third-order valence-electron chi connectivity index (χ3n) is 4.32. The van der Waals surface area contributed by atoms with Gasteiger partial charge in [-0.1, -0.05) is 45.0 Å². The lowest BCUT2D eigenvalue weighted by Crippen LogP contribution is -2.10. The zero-order valence-electron chi connectivity index (χ0n) is 14.9. The third kappa shape index (κ3) is 3.13. The number of hydrogen-bond donors (Lipinski definition) is 0. The molecule has 6 heteroatoms. The van der Waals surface area contributed by atoms with Crippen molar-refractivity contribution in [2.24, 2.45) is 7.05 Å². The van der Waals surface area contributed by atoms with E-state index in [-0.39, 0.29) is 16.4 Å². The molecule has 0 atom stereocenters. The molecule has 1 aromatic carbocycles. The van der Waals surface area contributed by atoms with Crippen molar-refractivity contribution in [3.63, 3.8) is 0 Å². The topological polar surface area (TPSA) is 30.7 Å². The summed E-state index contributed by atoms with van der Waals surface area (Å²) in [6, 6.07) is 8.62. The molecule has 3 nitrogen and oxygen atoms in total. The minimum atomic E-state index is -4.46. The van der Waals surface area contributed by atoms with Crippen molar-refractivity contribution in [3.8, 4) is 11.3 Å². The van der Waals surface area contributed by atoms with Gasteiger partial charge >= 0.3 is 6.18 Å². The lowest BCUT2D eigenvalue weighted by atomic mass is 9.86. The van der Waals surface area contributed by atoms with Crippen LogP contribution in [-0.4, -0.2) is 14.8 Å². The highest BCUT2D eigenvalue weighted by Crippen LogP contribution is 2.38. The molecule has 0 N–H and O–H groups in total. The minimum absolute atomic E-state index is 0.0216. The van der Waals surface area contributed by atoms with Crippen LogP contribution in [0.1, 0.15) is 37.6 Å². The molecule has 0 bridgehead atoms. The average molecular weight is 347 g/mol. The van der Waals surface area contributed by atoms with E-state index in [0.717, 1.165) is 11.6 Å². The predicted octanol–water partition coefficient (Wildman–Crippen LogP) is 5.26. The number of nitrogens with zero attached hydrogens (tertiary/aromatic N) is 3. The summed E-state index contributed by atoms with van der Waals surface area (Å²) < 4.78 is 42.1. The molecule has 25 heavy (non-hydrogen) atoms. The van der Waals surface area contributed by atoms with Crippen LogP contribution < -0.4 is 0 Å². The molecule has 0 saturated carbocycles. The van der Waals surface area contributed by atoms with Gasteiger partial charge in [-0.15, -0.1) is 0 Å². The largest absolute Gasteiger partial charge is 0.417 e. The van der Waals surface area contributed by atoms with E-state index < -0.39 is 11.7 Å². The number of aromatic nitrogens is 3. The van der Waals surface area contributed by atoms with Gasteiger partial charge in [0.2, 0.25) is 0 Å². The van der Waals surface area contributed by atoms with E-state index in [9.17, 15) is 13.2 Å². The molecule has 132 valence electrons. The molecule has 0 saturated heterocycles. The van der Waals surface area contributed by atoms with Gasteiger partial charge in [-0.3, -0.25) is 4.68 Å². The normalized spacial score (nSPS) is 12.8. The van der Waals surface area contributed by atoms with E-state index in [1.54, 1.807) is 14.0 Å². The predicted molar refractivity (Wildman–Crippen MR) is 92.4 cm³/mol. The summed E-state index contributed by atoms with van der Waals surface area (Å²) in [5, 5.41) is 4.16. The summed E-state index contributed by atoms with van der Waals surface area (Å²) in [6.45, 7) is 7.84. The Morgan fingerprint density at radius 2 is 1.60 bits per heavy atom. The van der Waals surface area contributed by atoms with Crippen LogP contribution in [0.4, 0.5) is 13.2 Å². The molecular weight excluding hydrogens is 327 g/mol. The lowest BCUT2D eigenvalue weighted by molar-refractivity contribution is -0.136. The smallest absolute Gasteiger partial charge is 0.250 e. The molecule has 2 heterocycles. The quantitative estimate of drug-likeness (QED) is 0.601. The molecule has 0 spiro atoms. The second-order valence-electron chi connectivity index (χ2n) is 7.29. The van der Waals surface area contributed by atoms with Gasteiger partial charge < -0.3 is 0 Å². The van der Waals surface area contributed by atoms with Crippen LogP contribution in [0.15, 0.2) is 30.3 Å². The first-order valence-corrected chi connectivity index (χ1v) is 8.01. The van der Waals surface area contributed by atoms with Gasteiger partial charge in [-0.2, -0.15) is 18.3 Å². The Morgan fingerprint density at radius 1 is 1.00 bits per heavy atom. The van der Waals surface area contributed by atoms with Crippen molar-refractivity contribution < 1.29 is 13.2 Å². The molecule has 0 fully saturated rings. The Labute approximate surface area is 144 Å². The second kappa shape index (κ2) is 5.58. The summed E-state index contributed by atoms with van der Waals surface area (Å²) in [6.07, 6.45) is -4.46. The van der Waals surface area contributed by atoms with Crippen LogP contribution >= 0.6 is 0 Å². The van der Waals surface area contributed by atoms with Crippen molar-refractivity contribution >= 4 is 11.0 Å². The maximum absolute atomic E-state index is 13.6. The SMILES string of the molecule is Cc1nn(C)c2nc(-c3ccc(C(C)(C)C)cc3)cc(C(F)(F)F)c12. The fourth-order valence-electron chi connectivity index (χ4n) is 2.96. The van der Waals surface area contributed by atoms with Crippen LogP contribution in [-0.2, 0) is 18.6 Å². The number of benzene rings is 1. The van der Waals surface area contributed by atoms with Crippen LogP contribution in [0.25, 0.3) is 22.3 Å². The summed E-state index contributed by atoms with van der Waals surface area (Å²) in [7, 11) is 1.61. The fourth-order valence-corrected chi connectivity index (χ4v) is 2.96. The molecule has 2 aromatic heterocycles. The molecule has 0 unspecified atom stereocenters. The van der Waals surface area contributed by atoms with Gasteiger partial charge in [-0.05, 0) is 24.0 Å². The molecule has 0 radical (unpaired) electrons. The Morgan fingerprint density at radius 3 is 2.12 bits per heavy atom. The van der Waals surface area contributed by atoms with Crippen molar-refractivity contribution in [2.75, 3.05) is 0 Å². The lowest BCUT2D eigenvalue weighted by Gasteiger charge is -2.19. The van der Waals surface area contributed by atoms with E-state index in [1.807, 2.05) is 24.3 Å². The van der Waals surface area contributed by atoms with Crippen LogP contribution in [0.2, 0.25) is 0 Å². The number of fused-ring (bicyclic) bond motifs is 1. The van der Waals surface area contributed by atoms with Crippen molar-refractivity contribution in [3.05, 3.63) is 47.2 Å². The van der Waals surface area contributed by atoms with E-state index in [1.165, 1.54) is 4.68 Å². The highest BCUT2D eigenvalue weighted by Gasteiger charge is 2.35. The molecule has 0 amide bonds. The zero-order valence-corrected chi connectivity index (χ0v) is 14.9. The van der Waals surface area contributed by atoms with Crippen molar-refractivity contribution in [1.29, 1.82) is 0 Å². The molecule has 3 aromatic rings. The van der Waals surface area contributed by atoms with E-state index in [0.29, 0.717) is 17.0 Å². The summed E-state index contributed by atoms with van der Waals surface area (Å²) in [5.74, 6) is 0. The van der Waals surface area contributed by atoms with Crippen LogP contribution in [0.5, 0.6) is 0 Å². The maximum atomic E-state index is 13.6. The number of alkyl halides is 3. The summed E-state index contributed by atoms with van der Waals surface area (Å²) >= 11 is 0. The molecular formula is C19H20F3N3. The minimum Gasteiger partial charge on any atom is -0.250 e. The number of rotatable bonds is 1. The number of halogens is 3. The summed E-state index contributed by atoms with van der Waals surface area (Å²) in [5.41, 5.74) is 1.91. The van der Waals surface area contributed by atoms with E-state index in [2.05, 4.69) is 30.9 Å². The highest BCUT2D eigenvalue weighted by atomic mass is 19.4. The van der Waals surface area contributed by atoms with Crippen LogP contribution in [0, 0.1) is 6.92 Å². The number of hydrogen-bond acceptors (Lipinski definition) is 2. The number of pyridine rings is 1. The van der Waals surface area contributed by atoms with Crippen molar-refractivity contribution in [2.45, 2.75) is 39.3 Å². The monoisotopic (exact) mass is 347 g/mol. The van der Waals surface area contributed by atoms with Gasteiger partial charge in [-0.25, -0.2) is 4.98 Å². The first kappa shape index (κ1) is 17.5. The first-order valence-electron chi connectivity index (χ1n) is 8.01. The van der Waals surface area contributed by atoms with Gasteiger partial charge in [0, 0.05) is 12.6 Å². The van der Waals surface area contributed by atoms with Gasteiger partial charge in [0.1, 0.15) is 0 Å². The Bertz CT molecular complexity index is 930. The average Bonchev–Trinajstić information content (AvgIpc) is 2.79. The molecule has 3 rings (SSSR count). The fraction of sp³-hybridized carbons (Fsp3) is 0.368. The van der Waals surface area contributed by atoms with E-state index in [4.69, 9.17) is 0 Å². The van der Waals surface area contributed by atoms with Gasteiger partial charge in [0.15, 0.2) is 5.65 Å². The molecule has 0 aliphatic heterocycles. The van der Waals surface area contributed by atoms with Gasteiger partial charge in [0.25, 0.3) is 0 Å². The standard InChI is InChI=1S/C19H20F3N3/c1-11-16-14(19(20,21)22)10-15(23-17(16)25(5)24-11)12-6-8-13(9-7-12)18(2,3)4/h6-10H,1-5H3. The van der Waals surface area contributed by atoms with Crippen molar-refractivity contribution in [1.82, 2.24) is 14.8 Å². The Hall–Kier alpha value is -2.37. The first-order chi connectivity index (χ1) is 11.5. The Balaban J connectivity index is 2.22. The van der Waals surface area contributed by atoms with Gasteiger partial charge in [0.05, 0.1) is 22.3 Å².